The molecule has 0 aliphatic rings. The molecule has 0 saturated carbocycles. The van der Waals surface area contributed by atoms with Crippen LogP contribution >= 0.6 is 23.2 Å². The average molecular weight is 414 g/mol. The molecule has 1 N–H and O–H groups in total. The predicted molar refractivity (Wildman–Crippen MR) is 109 cm³/mol. The van der Waals surface area contributed by atoms with Gasteiger partial charge in [-0.15, -0.1) is 4.73 Å². The Bertz CT molecular complexity index is 1210. The molecule has 1 aromatic carbocycles. The zero-order valence-electron chi connectivity index (χ0n) is 14.6. The molecule has 0 bridgehead atoms. The number of fused-ring (bicyclic) bond motifs is 1. The standard InChI is InChI=1S/C19H13Cl2N5O2/c1-28-26-15(27)6-5-12-17(16-13(20)3-2-4-14(16)21)24-19(25-18(12)26)23-11-7-9-22-10-8-11/h2-10H,1H3,(H,22,23,24,25). The summed E-state index contributed by atoms with van der Waals surface area (Å²) in [4.78, 5) is 30.5. The minimum Gasteiger partial charge on any atom is -0.412 e. The summed E-state index contributed by atoms with van der Waals surface area (Å²) in [5.74, 6) is 0.251. The predicted octanol–water partition coefficient (Wildman–Crippen LogP) is 3.96. The highest BCUT2D eigenvalue weighted by Gasteiger charge is 2.18. The van der Waals surface area contributed by atoms with Crippen molar-refractivity contribution < 1.29 is 4.84 Å². The third-order valence-electron chi connectivity index (χ3n) is 4.03. The van der Waals surface area contributed by atoms with Crippen LogP contribution in [0.15, 0.2) is 59.7 Å². The molecule has 0 amide bonds. The van der Waals surface area contributed by atoms with Crippen LogP contribution in [0.1, 0.15) is 0 Å². The fraction of sp³-hybridized carbons (Fsp3) is 0.0526. The number of hydrogen-bond acceptors (Lipinski definition) is 6. The Kier molecular flexibility index (Phi) is 4.85. The molecule has 0 aliphatic heterocycles. The third-order valence-corrected chi connectivity index (χ3v) is 4.66. The lowest BCUT2D eigenvalue weighted by Crippen LogP contribution is -2.25. The Morgan fingerprint density at radius 2 is 1.71 bits per heavy atom. The van der Waals surface area contributed by atoms with E-state index in [1.165, 1.54) is 13.2 Å². The lowest BCUT2D eigenvalue weighted by atomic mass is 10.1. The van der Waals surface area contributed by atoms with Crippen LogP contribution in [0, 0.1) is 0 Å². The van der Waals surface area contributed by atoms with Crippen LogP contribution in [0.5, 0.6) is 0 Å². The second kappa shape index (κ2) is 7.46. The molecule has 9 heteroatoms. The van der Waals surface area contributed by atoms with Gasteiger partial charge in [-0.05, 0) is 30.3 Å². The number of anilines is 2. The van der Waals surface area contributed by atoms with Gasteiger partial charge >= 0.3 is 0 Å². The SMILES string of the molecule is COn1c(=O)ccc2c(-c3c(Cl)cccc3Cl)nc(Nc3ccncc3)nc21. The highest BCUT2D eigenvalue weighted by Crippen LogP contribution is 2.37. The van der Waals surface area contributed by atoms with Crippen LogP contribution in [-0.2, 0) is 0 Å². The Balaban J connectivity index is 2.03. The Morgan fingerprint density at radius 3 is 2.39 bits per heavy atom. The van der Waals surface area contributed by atoms with Crippen LogP contribution in [0.25, 0.3) is 22.3 Å². The van der Waals surface area contributed by atoms with Gasteiger partial charge in [0.1, 0.15) is 7.11 Å². The van der Waals surface area contributed by atoms with Crippen molar-refractivity contribution in [2.45, 2.75) is 0 Å². The first-order valence-electron chi connectivity index (χ1n) is 8.18. The lowest BCUT2D eigenvalue weighted by Gasteiger charge is -2.14. The maximum Gasteiger partial charge on any atom is 0.285 e. The second-order valence-corrected chi connectivity index (χ2v) is 6.55. The summed E-state index contributed by atoms with van der Waals surface area (Å²) in [6.07, 6.45) is 3.28. The molecule has 7 nitrogen and oxygen atoms in total. The molecule has 0 unspecified atom stereocenters. The number of pyridine rings is 2. The first-order chi connectivity index (χ1) is 13.6. The van der Waals surface area contributed by atoms with Crippen molar-refractivity contribution in [1.82, 2.24) is 19.7 Å². The summed E-state index contributed by atoms with van der Waals surface area (Å²) in [7, 11) is 1.39. The fourth-order valence-electron chi connectivity index (χ4n) is 2.80. The van der Waals surface area contributed by atoms with Crippen molar-refractivity contribution >= 4 is 45.9 Å². The molecule has 3 aromatic heterocycles. The van der Waals surface area contributed by atoms with E-state index in [1.54, 1.807) is 48.8 Å². The first-order valence-corrected chi connectivity index (χ1v) is 8.94. The van der Waals surface area contributed by atoms with Crippen molar-refractivity contribution in [3.05, 3.63) is 75.3 Å². The zero-order valence-corrected chi connectivity index (χ0v) is 16.1. The number of aromatic nitrogens is 4. The van der Waals surface area contributed by atoms with Crippen LogP contribution in [-0.4, -0.2) is 26.8 Å². The number of halogens is 2. The monoisotopic (exact) mass is 413 g/mol. The van der Waals surface area contributed by atoms with Crippen LogP contribution in [0.2, 0.25) is 10.0 Å². The van der Waals surface area contributed by atoms with E-state index in [4.69, 9.17) is 28.0 Å². The van der Waals surface area contributed by atoms with E-state index in [0.29, 0.717) is 26.7 Å². The molecule has 4 rings (SSSR count). The van der Waals surface area contributed by atoms with E-state index in [-0.39, 0.29) is 17.2 Å². The molecule has 28 heavy (non-hydrogen) atoms. The zero-order chi connectivity index (χ0) is 19.7. The van der Waals surface area contributed by atoms with Gasteiger partial charge in [-0.25, -0.2) is 4.98 Å². The lowest BCUT2D eigenvalue weighted by molar-refractivity contribution is 0.167. The van der Waals surface area contributed by atoms with Crippen LogP contribution in [0.4, 0.5) is 11.6 Å². The molecule has 4 aromatic rings. The molecule has 0 spiro atoms. The highest BCUT2D eigenvalue weighted by atomic mass is 35.5. The Hall–Kier alpha value is -3.16. The molecule has 0 radical (unpaired) electrons. The van der Waals surface area contributed by atoms with Crippen LogP contribution in [0.3, 0.4) is 0 Å². The van der Waals surface area contributed by atoms with Gasteiger partial charge in [0.25, 0.3) is 5.56 Å². The first kappa shape index (κ1) is 18.2. The largest absolute Gasteiger partial charge is 0.412 e. The smallest absolute Gasteiger partial charge is 0.285 e. The van der Waals surface area contributed by atoms with Crippen molar-refractivity contribution in [3.8, 4) is 11.3 Å². The molecule has 0 aliphatic carbocycles. The van der Waals surface area contributed by atoms with E-state index in [1.807, 2.05) is 0 Å². The summed E-state index contributed by atoms with van der Waals surface area (Å²) in [5.41, 5.74) is 1.67. The van der Waals surface area contributed by atoms with Gasteiger partial charge < -0.3 is 10.2 Å². The summed E-state index contributed by atoms with van der Waals surface area (Å²) < 4.78 is 1.09. The minimum atomic E-state index is -0.361. The van der Waals surface area contributed by atoms with Gasteiger partial charge in [-0.2, -0.15) is 4.98 Å². The number of nitrogens with one attached hydrogen (secondary N) is 1. The van der Waals surface area contributed by atoms with E-state index in [0.717, 1.165) is 10.4 Å². The quantitative estimate of drug-likeness (QED) is 0.545. The van der Waals surface area contributed by atoms with Crippen molar-refractivity contribution in [1.29, 1.82) is 0 Å². The van der Waals surface area contributed by atoms with Gasteiger partial charge in [0, 0.05) is 35.1 Å². The summed E-state index contributed by atoms with van der Waals surface area (Å²) in [5, 5.41) is 4.52. The molecule has 0 saturated heterocycles. The number of nitrogens with zero attached hydrogens (tertiary/aromatic N) is 4. The molecular weight excluding hydrogens is 401 g/mol. The van der Waals surface area contributed by atoms with Crippen LogP contribution < -0.4 is 15.7 Å². The number of hydrogen-bond donors (Lipinski definition) is 1. The van der Waals surface area contributed by atoms with Gasteiger partial charge in [-0.3, -0.25) is 9.78 Å². The van der Waals surface area contributed by atoms with Gasteiger partial charge in [0.15, 0.2) is 5.65 Å². The van der Waals surface area contributed by atoms with E-state index >= 15 is 0 Å². The van der Waals surface area contributed by atoms with Crippen molar-refractivity contribution in [2.75, 3.05) is 12.4 Å². The average Bonchev–Trinajstić information content (AvgIpc) is 2.68. The van der Waals surface area contributed by atoms with Gasteiger partial charge in [0.2, 0.25) is 5.95 Å². The number of rotatable bonds is 4. The van der Waals surface area contributed by atoms with E-state index in [9.17, 15) is 4.79 Å². The Morgan fingerprint density at radius 1 is 1.00 bits per heavy atom. The maximum atomic E-state index is 12.2. The maximum absolute atomic E-state index is 12.2. The summed E-state index contributed by atoms with van der Waals surface area (Å²) in [6.45, 7) is 0. The molecule has 0 fully saturated rings. The van der Waals surface area contributed by atoms with Crippen molar-refractivity contribution in [3.63, 3.8) is 0 Å². The fourth-order valence-corrected chi connectivity index (χ4v) is 3.38. The molecule has 0 atom stereocenters. The molecule has 140 valence electrons. The second-order valence-electron chi connectivity index (χ2n) is 5.74. The molecular formula is C19H13Cl2N5O2. The topological polar surface area (TPSA) is 81.9 Å². The minimum absolute atomic E-state index is 0.251. The van der Waals surface area contributed by atoms with Gasteiger partial charge in [-0.1, -0.05) is 29.3 Å². The van der Waals surface area contributed by atoms with E-state index in [2.05, 4.69) is 20.3 Å². The van der Waals surface area contributed by atoms with Gasteiger partial charge in [0.05, 0.1) is 15.7 Å². The summed E-state index contributed by atoms with van der Waals surface area (Å²) in [6, 6.07) is 11.7. The molecule has 3 heterocycles. The number of benzene rings is 1. The van der Waals surface area contributed by atoms with E-state index < -0.39 is 0 Å². The highest BCUT2D eigenvalue weighted by molar-refractivity contribution is 6.39. The normalized spacial score (nSPS) is 10.8. The van der Waals surface area contributed by atoms with Crippen molar-refractivity contribution in [2.24, 2.45) is 0 Å². The summed E-state index contributed by atoms with van der Waals surface area (Å²) >= 11 is 12.8. The Labute approximate surface area is 169 Å². The third kappa shape index (κ3) is 3.26.